The second kappa shape index (κ2) is 5.81. The van der Waals surface area contributed by atoms with Gasteiger partial charge in [0.05, 0.1) is 4.90 Å². The van der Waals surface area contributed by atoms with Gasteiger partial charge >= 0.3 is 5.97 Å². The molecule has 0 radical (unpaired) electrons. The van der Waals surface area contributed by atoms with E-state index >= 15 is 0 Å². The van der Waals surface area contributed by atoms with Gasteiger partial charge in [0, 0.05) is 11.5 Å². The molecule has 0 aliphatic carbocycles. The van der Waals surface area contributed by atoms with E-state index in [0.717, 1.165) is 4.31 Å². The minimum atomic E-state index is -3.80. The van der Waals surface area contributed by atoms with Gasteiger partial charge in [-0.05, 0) is 24.6 Å². The zero-order chi connectivity index (χ0) is 13.9. The van der Waals surface area contributed by atoms with E-state index in [1.165, 1.54) is 19.2 Å². The lowest BCUT2D eigenvalue weighted by Crippen LogP contribution is -2.41. The lowest BCUT2D eigenvalue weighted by atomic mass is 10.2. The highest BCUT2D eigenvalue weighted by molar-refractivity contribution is 9.10. The second-order valence-electron chi connectivity index (χ2n) is 3.74. The molecule has 100 valence electrons. The molecule has 5 nitrogen and oxygen atoms in total. The number of sulfonamides is 1. The highest BCUT2D eigenvalue weighted by atomic mass is 79.9. The fraction of sp³-hybridized carbons (Fsp3) is 0.364. The van der Waals surface area contributed by atoms with Crippen LogP contribution in [0, 0.1) is 0 Å². The first kappa shape index (κ1) is 15.1. The van der Waals surface area contributed by atoms with Crippen molar-refractivity contribution in [2.24, 2.45) is 0 Å². The first-order valence-electron chi connectivity index (χ1n) is 5.27. The van der Waals surface area contributed by atoms with E-state index in [4.69, 9.17) is 5.11 Å². The van der Waals surface area contributed by atoms with Crippen LogP contribution in [-0.4, -0.2) is 36.9 Å². The van der Waals surface area contributed by atoms with Crippen molar-refractivity contribution >= 4 is 31.9 Å². The van der Waals surface area contributed by atoms with Crippen LogP contribution in [0.1, 0.15) is 13.3 Å². The molecule has 0 amide bonds. The van der Waals surface area contributed by atoms with E-state index < -0.39 is 22.0 Å². The normalized spacial score (nSPS) is 13.6. The second-order valence-corrected chi connectivity index (χ2v) is 6.65. The Morgan fingerprint density at radius 1 is 1.50 bits per heavy atom. The summed E-state index contributed by atoms with van der Waals surface area (Å²) in [7, 11) is -2.52. The standard InChI is InChI=1S/C11H14BrNO4S/c1-3-10(11(14)15)13(2)18(16,17)9-6-4-5-8(12)7-9/h4-7,10H,3H2,1-2H3,(H,14,15). The van der Waals surface area contributed by atoms with Crippen molar-refractivity contribution in [3.8, 4) is 0 Å². The molecule has 0 heterocycles. The summed E-state index contributed by atoms with van der Waals surface area (Å²) >= 11 is 3.19. The third-order valence-electron chi connectivity index (χ3n) is 2.58. The molecule has 0 aromatic heterocycles. The van der Waals surface area contributed by atoms with Gasteiger partial charge in [0.1, 0.15) is 6.04 Å². The fourth-order valence-corrected chi connectivity index (χ4v) is 3.53. The lowest BCUT2D eigenvalue weighted by molar-refractivity contribution is -0.141. The quantitative estimate of drug-likeness (QED) is 0.892. The maximum atomic E-state index is 12.2. The van der Waals surface area contributed by atoms with Crippen LogP contribution in [0.25, 0.3) is 0 Å². The van der Waals surface area contributed by atoms with Crippen LogP contribution >= 0.6 is 15.9 Å². The molecule has 0 spiro atoms. The first-order chi connectivity index (χ1) is 8.30. The van der Waals surface area contributed by atoms with Gasteiger partial charge in [0.25, 0.3) is 0 Å². The number of rotatable bonds is 5. The van der Waals surface area contributed by atoms with Gasteiger partial charge in [-0.15, -0.1) is 0 Å². The van der Waals surface area contributed by atoms with Gasteiger partial charge in [0.2, 0.25) is 10.0 Å². The molecule has 0 saturated heterocycles. The van der Waals surface area contributed by atoms with Gasteiger partial charge in [-0.3, -0.25) is 4.79 Å². The third-order valence-corrected chi connectivity index (χ3v) is 4.94. The van der Waals surface area contributed by atoms with Gasteiger partial charge in [-0.1, -0.05) is 28.9 Å². The van der Waals surface area contributed by atoms with Gasteiger partial charge in [-0.25, -0.2) is 8.42 Å². The van der Waals surface area contributed by atoms with Crippen molar-refractivity contribution in [3.63, 3.8) is 0 Å². The molecule has 0 aliphatic heterocycles. The Kier molecular flexibility index (Phi) is 4.89. The summed E-state index contributed by atoms with van der Waals surface area (Å²) in [5, 5.41) is 8.99. The smallest absolute Gasteiger partial charge is 0.321 e. The van der Waals surface area contributed by atoms with E-state index in [-0.39, 0.29) is 11.3 Å². The molecule has 0 saturated carbocycles. The van der Waals surface area contributed by atoms with E-state index in [1.54, 1.807) is 19.1 Å². The molecule has 1 N–H and O–H groups in total. The monoisotopic (exact) mass is 335 g/mol. The number of likely N-dealkylation sites (N-methyl/N-ethyl adjacent to an activating group) is 1. The van der Waals surface area contributed by atoms with Crippen molar-refractivity contribution in [1.29, 1.82) is 0 Å². The average molecular weight is 336 g/mol. The van der Waals surface area contributed by atoms with Gasteiger partial charge < -0.3 is 5.11 Å². The van der Waals surface area contributed by atoms with Crippen molar-refractivity contribution in [3.05, 3.63) is 28.7 Å². The van der Waals surface area contributed by atoms with Crippen LogP contribution < -0.4 is 0 Å². The molecule has 1 aromatic carbocycles. The maximum Gasteiger partial charge on any atom is 0.321 e. The molecule has 1 rings (SSSR count). The Morgan fingerprint density at radius 2 is 2.11 bits per heavy atom. The van der Waals surface area contributed by atoms with E-state index in [9.17, 15) is 13.2 Å². The number of benzene rings is 1. The van der Waals surface area contributed by atoms with Crippen LogP contribution in [0.15, 0.2) is 33.6 Å². The number of halogens is 1. The Labute approximate surface area is 115 Å². The number of hydrogen-bond donors (Lipinski definition) is 1. The Bertz CT molecular complexity index is 544. The fourth-order valence-electron chi connectivity index (χ4n) is 1.55. The van der Waals surface area contributed by atoms with Crippen LogP contribution in [0.4, 0.5) is 0 Å². The van der Waals surface area contributed by atoms with Crippen LogP contribution in [0.5, 0.6) is 0 Å². The zero-order valence-corrected chi connectivity index (χ0v) is 12.4. The molecule has 0 aliphatic rings. The molecular formula is C11H14BrNO4S. The molecule has 18 heavy (non-hydrogen) atoms. The van der Waals surface area contributed by atoms with Crippen LogP contribution in [-0.2, 0) is 14.8 Å². The molecule has 0 fully saturated rings. The number of hydrogen-bond acceptors (Lipinski definition) is 3. The summed E-state index contributed by atoms with van der Waals surface area (Å²) in [6.45, 7) is 1.63. The molecule has 1 aromatic rings. The Hall–Kier alpha value is -0.920. The minimum Gasteiger partial charge on any atom is -0.480 e. The predicted octanol–water partition coefficient (Wildman–Crippen LogP) is 1.93. The molecule has 0 bridgehead atoms. The number of carboxylic acids is 1. The first-order valence-corrected chi connectivity index (χ1v) is 7.50. The summed E-state index contributed by atoms with van der Waals surface area (Å²) in [6.07, 6.45) is 0.207. The van der Waals surface area contributed by atoms with E-state index in [2.05, 4.69) is 15.9 Å². The summed E-state index contributed by atoms with van der Waals surface area (Å²) in [6, 6.07) is 5.11. The Morgan fingerprint density at radius 3 is 2.56 bits per heavy atom. The van der Waals surface area contributed by atoms with Crippen LogP contribution in [0.3, 0.4) is 0 Å². The molecule has 1 atom stereocenters. The highest BCUT2D eigenvalue weighted by Crippen LogP contribution is 2.21. The molecule has 1 unspecified atom stereocenters. The topological polar surface area (TPSA) is 74.7 Å². The number of carboxylic acid groups (broad SMARTS) is 1. The molecule has 7 heteroatoms. The van der Waals surface area contributed by atoms with Crippen molar-refractivity contribution < 1.29 is 18.3 Å². The van der Waals surface area contributed by atoms with E-state index in [1.807, 2.05) is 0 Å². The summed E-state index contributed by atoms with van der Waals surface area (Å²) in [5.41, 5.74) is 0. The van der Waals surface area contributed by atoms with Gasteiger partial charge in [-0.2, -0.15) is 4.31 Å². The minimum absolute atomic E-state index is 0.0686. The number of carbonyl (C=O) groups is 1. The largest absolute Gasteiger partial charge is 0.480 e. The number of aliphatic carboxylic acids is 1. The highest BCUT2D eigenvalue weighted by Gasteiger charge is 2.31. The van der Waals surface area contributed by atoms with E-state index in [0.29, 0.717) is 4.47 Å². The number of nitrogens with zero attached hydrogens (tertiary/aromatic N) is 1. The average Bonchev–Trinajstić information content (AvgIpc) is 2.29. The van der Waals surface area contributed by atoms with Gasteiger partial charge in [0.15, 0.2) is 0 Å². The lowest BCUT2D eigenvalue weighted by Gasteiger charge is -2.23. The molecular weight excluding hydrogens is 322 g/mol. The van der Waals surface area contributed by atoms with Crippen molar-refractivity contribution in [1.82, 2.24) is 4.31 Å². The van der Waals surface area contributed by atoms with Crippen LogP contribution in [0.2, 0.25) is 0 Å². The predicted molar refractivity (Wildman–Crippen MR) is 70.8 cm³/mol. The maximum absolute atomic E-state index is 12.2. The van der Waals surface area contributed by atoms with Crippen molar-refractivity contribution in [2.45, 2.75) is 24.3 Å². The SMILES string of the molecule is CCC(C(=O)O)N(C)S(=O)(=O)c1cccc(Br)c1. The summed E-state index contributed by atoms with van der Waals surface area (Å²) < 4.78 is 26.0. The summed E-state index contributed by atoms with van der Waals surface area (Å²) in [4.78, 5) is 11.1. The zero-order valence-electron chi connectivity index (χ0n) is 10.00. The summed E-state index contributed by atoms with van der Waals surface area (Å²) in [5.74, 6) is -1.15. The Balaban J connectivity index is 3.18. The third kappa shape index (κ3) is 3.09. The van der Waals surface area contributed by atoms with Crippen molar-refractivity contribution in [2.75, 3.05) is 7.05 Å².